The Morgan fingerprint density at radius 1 is 0.615 bits per heavy atom. The summed E-state index contributed by atoms with van der Waals surface area (Å²) in [5, 5.41) is 17.5. The topological polar surface area (TPSA) is 144 Å². The van der Waals surface area contributed by atoms with Crippen LogP contribution in [0.2, 0.25) is 0 Å². The van der Waals surface area contributed by atoms with Gasteiger partial charge in [0.2, 0.25) is 0 Å². The highest BCUT2D eigenvalue weighted by Crippen LogP contribution is 2.27. The van der Waals surface area contributed by atoms with Gasteiger partial charge in [0.1, 0.15) is 0 Å². The van der Waals surface area contributed by atoms with Gasteiger partial charge < -0.3 is 10.2 Å². The maximum absolute atomic E-state index is 11.8. The molecule has 0 spiro atoms. The first-order valence-electron chi connectivity index (χ1n) is 6.86. The first kappa shape index (κ1) is 18.8. The van der Waals surface area contributed by atoms with E-state index in [9.17, 15) is 23.7 Å². The van der Waals surface area contributed by atoms with Crippen LogP contribution in [0.15, 0.2) is 48.5 Å². The summed E-state index contributed by atoms with van der Waals surface area (Å²) in [6, 6.07) is 9.24. The average Bonchev–Trinajstić information content (AvgIpc) is 2.61. The van der Waals surface area contributed by atoms with Crippen LogP contribution in [0.4, 0.5) is 0 Å². The van der Waals surface area contributed by atoms with E-state index < -0.39 is 32.1 Å². The van der Waals surface area contributed by atoms with Gasteiger partial charge in [0.05, 0.1) is 22.3 Å². The van der Waals surface area contributed by atoms with Crippen molar-refractivity contribution in [2.24, 2.45) is 0 Å². The number of hydrogen-bond donors (Lipinski definition) is 2. The first-order valence-corrected chi connectivity index (χ1v) is 7.96. The Morgan fingerprint density at radius 3 is 1.15 bits per heavy atom. The van der Waals surface area contributed by atoms with Crippen LogP contribution in [-0.2, 0) is 13.6 Å². The molecule has 0 aromatic heterocycles. The third kappa shape index (κ3) is 4.71. The smallest absolute Gasteiger partial charge is 0.478 e. The maximum Gasteiger partial charge on any atom is 0.812 e. The molecule has 0 aliphatic carbocycles. The summed E-state index contributed by atoms with van der Waals surface area (Å²) in [6.07, 6.45) is 0. The number of rotatable bonds is 6. The Hall–Kier alpha value is -3.58. The third-order valence-corrected chi connectivity index (χ3v) is 3.68. The van der Waals surface area contributed by atoms with Crippen LogP contribution >= 0.6 is 8.25 Å². The third-order valence-electron chi connectivity index (χ3n) is 3.05. The molecule has 0 fully saturated rings. The molecule has 10 heteroatoms. The minimum absolute atomic E-state index is 0.0535. The van der Waals surface area contributed by atoms with E-state index in [1.165, 1.54) is 0 Å². The van der Waals surface area contributed by atoms with Crippen LogP contribution in [-0.4, -0.2) is 34.1 Å². The van der Waals surface area contributed by atoms with Crippen LogP contribution in [0.5, 0.6) is 0 Å². The number of aromatic carboxylic acids is 2. The summed E-state index contributed by atoms with van der Waals surface area (Å²) in [6.45, 7) is 0. The molecule has 0 bridgehead atoms. The molecule has 0 saturated heterocycles. The molecule has 0 heterocycles. The van der Waals surface area contributed by atoms with Gasteiger partial charge >= 0.3 is 32.1 Å². The van der Waals surface area contributed by atoms with Crippen molar-refractivity contribution in [3.05, 3.63) is 70.8 Å². The van der Waals surface area contributed by atoms with Crippen molar-refractivity contribution in [3.63, 3.8) is 0 Å². The van der Waals surface area contributed by atoms with Gasteiger partial charge in [-0.2, -0.15) is 9.05 Å². The molecule has 0 aliphatic heterocycles. The molecule has 0 saturated carbocycles. The lowest BCUT2D eigenvalue weighted by molar-refractivity contribution is 0.0642. The minimum Gasteiger partial charge on any atom is -0.478 e. The second-order valence-electron chi connectivity index (χ2n) is 4.75. The summed E-state index contributed by atoms with van der Waals surface area (Å²) in [5.41, 5.74) is -0.273. The minimum atomic E-state index is -3.13. The van der Waals surface area contributed by atoms with Crippen LogP contribution in [0.25, 0.3) is 0 Å². The van der Waals surface area contributed by atoms with Crippen LogP contribution in [0, 0.1) is 0 Å². The SMILES string of the molecule is O=C(O)c1ccc(C(=O)O[P+](=O)OC(=O)c2ccc(C(=O)O)cc2)cc1. The summed E-state index contributed by atoms with van der Waals surface area (Å²) in [7, 11) is -3.13. The van der Waals surface area contributed by atoms with Crippen molar-refractivity contribution in [2.75, 3.05) is 0 Å². The zero-order chi connectivity index (χ0) is 19.3. The van der Waals surface area contributed by atoms with Crippen molar-refractivity contribution >= 4 is 32.1 Å². The molecule has 0 amide bonds. The molecular formula is C16H10O9P+. The molecule has 0 atom stereocenters. The lowest BCUT2D eigenvalue weighted by Gasteiger charge is -1.97. The Bertz CT molecular complexity index is 811. The van der Waals surface area contributed by atoms with E-state index in [-0.39, 0.29) is 22.3 Å². The highest BCUT2D eigenvalue weighted by atomic mass is 31.1. The van der Waals surface area contributed by atoms with Gasteiger partial charge in [-0.1, -0.05) is 0 Å². The molecule has 0 radical (unpaired) electrons. The van der Waals surface area contributed by atoms with Crippen LogP contribution in [0.1, 0.15) is 41.4 Å². The molecule has 0 unspecified atom stereocenters. The van der Waals surface area contributed by atoms with Gasteiger partial charge in [-0.15, -0.1) is 0 Å². The summed E-state index contributed by atoms with van der Waals surface area (Å²) in [4.78, 5) is 45.0. The van der Waals surface area contributed by atoms with Gasteiger partial charge in [-0.3, -0.25) is 0 Å². The fourth-order valence-electron chi connectivity index (χ4n) is 1.76. The maximum atomic E-state index is 11.8. The van der Waals surface area contributed by atoms with E-state index >= 15 is 0 Å². The van der Waals surface area contributed by atoms with Crippen molar-refractivity contribution in [2.45, 2.75) is 0 Å². The quantitative estimate of drug-likeness (QED) is 0.726. The lowest BCUT2D eigenvalue weighted by Crippen LogP contribution is -2.05. The van der Waals surface area contributed by atoms with Gasteiger partial charge in [0.25, 0.3) is 0 Å². The summed E-state index contributed by atoms with van der Waals surface area (Å²) in [5.74, 6) is -4.51. The predicted octanol–water partition coefficient (Wildman–Crippen LogP) is 2.75. The van der Waals surface area contributed by atoms with Gasteiger partial charge in [0, 0.05) is 4.57 Å². The van der Waals surface area contributed by atoms with Crippen molar-refractivity contribution < 1.29 is 43.0 Å². The number of carboxylic acids is 2. The van der Waals surface area contributed by atoms with Crippen LogP contribution in [0.3, 0.4) is 0 Å². The average molecular weight is 377 g/mol. The van der Waals surface area contributed by atoms with Gasteiger partial charge in [-0.25, -0.2) is 19.2 Å². The molecule has 132 valence electrons. The predicted molar refractivity (Wildman–Crippen MR) is 85.2 cm³/mol. The second kappa shape index (κ2) is 8.00. The van der Waals surface area contributed by atoms with E-state index in [2.05, 4.69) is 9.05 Å². The molecule has 2 aromatic carbocycles. The zero-order valence-electron chi connectivity index (χ0n) is 12.8. The van der Waals surface area contributed by atoms with E-state index in [4.69, 9.17) is 10.2 Å². The molecular weight excluding hydrogens is 367 g/mol. The zero-order valence-corrected chi connectivity index (χ0v) is 13.7. The fraction of sp³-hybridized carbons (Fsp3) is 0. The molecule has 26 heavy (non-hydrogen) atoms. The molecule has 2 N–H and O–H groups in total. The standard InChI is InChI=1S/C16H9O9P/c17-13(18)9-1-5-11(6-2-9)15(21)24-26(23)25-16(22)12-7-3-10(4-8-12)14(19)20/h1-8H,(H-,17,18,19,20)/p+1. The highest BCUT2D eigenvalue weighted by Gasteiger charge is 2.32. The Morgan fingerprint density at radius 2 is 0.885 bits per heavy atom. The van der Waals surface area contributed by atoms with E-state index in [0.29, 0.717) is 0 Å². The molecule has 2 aromatic rings. The molecule has 9 nitrogen and oxygen atoms in total. The molecule has 2 rings (SSSR count). The van der Waals surface area contributed by atoms with E-state index in [1.54, 1.807) is 0 Å². The number of carbonyl (C=O) groups is 4. The monoisotopic (exact) mass is 377 g/mol. The number of hydrogen-bond acceptors (Lipinski definition) is 7. The number of carboxylic acid groups (broad SMARTS) is 2. The first-order chi connectivity index (χ1) is 12.3. The largest absolute Gasteiger partial charge is 0.812 e. The Balaban J connectivity index is 1.96. The Labute approximate surface area is 146 Å². The summed E-state index contributed by atoms with van der Waals surface area (Å²) >= 11 is 0. The van der Waals surface area contributed by atoms with Crippen molar-refractivity contribution in [3.8, 4) is 0 Å². The number of benzene rings is 2. The molecule has 0 aliphatic rings. The normalized spacial score (nSPS) is 9.85. The lowest BCUT2D eigenvalue weighted by atomic mass is 10.1. The van der Waals surface area contributed by atoms with E-state index in [0.717, 1.165) is 48.5 Å². The van der Waals surface area contributed by atoms with Crippen LogP contribution < -0.4 is 0 Å². The fourth-order valence-corrected chi connectivity index (χ4v) is 2.28. The van der Waals surface area contributed by atoms with Crippen molar-refractivity contribution in [1.29, 1.82) is 0 Å². The van der Waals surface area contributed by atoms with Crippen molar-refractivity contribution in [1.82, 2.24) is 0 Å². The van der Waals surface area contributed by atoms with Gasteiger partial charge in [0.15, 0.2) is 0 Å². The summed E-state index contributed by atoms with van der Waals surface area (Å²) < 4.78 is 20.6. The van der Waals surface area contributed by atoms with Gasteiger partial charge in [-0.05, 0) is 48.5 Å². The van der Waals surface area contributed by atoms with E-state index in [1.807, 2.05) is 0 Å². The second-order valence-corrected chi connectivity index (χ2v) is 5.56. The number of carbonyl (C=O) groups excluding carboxylic acids is 2. The Kier molecular flexibility index (Phi) is 5.77. The highest BCUT2D eigenvalue weighted by molar-refractivity contribution is 7.34.